The topological polar surface area (TPSA) is 95.4 Å². The summed E-state index contributed by atoms with van der Waals surface area (Å²) in [6, 6.07) is 7.12. The Balaban J connectivity index is 1.89. The van der Waals surface area contributed by atoms with Crippen LogP contribution in [0.3, 0.4) is 0 Å². The SMILES string of the molecule is CN(C(=O)Cn1c(=O)[nH]c2ccccc21)C1(C(=O)O)CCCCC1. The van der Waals surface area contributed by atoms with Gasteiger partial charge in [-0.15, -0.1) is 0 Å². The molecule has 0 spiro atoms. The first-order valence-corrected chi connectivity index (χ1v) is 8.13. The number of para-hydroxylation sites is 2. The molecular weight excluding hydrogens is 310 g/mol. The number of hydrogen-bond donors (Lipinski definition) is 2. The zero-order valence-electron chi connectivity index (χ0n) is 13.6. The van der Waals surface area contributed by atoms with E-state index in [4.69, 9.17) is 0 Å². The number of imidazole rings is 1. The summed E-state index contributed by atoms with van der Waals surface area (Å²) in [6.45, 7) is -0.172. The lowest BCUT2D eigenvalue weighted by molar-refractivity contribution is -0.160. The van der Waals surface area contributed by atoms with E-state index in [0.717, 1.165) is 19.3 Å². The van der Waals surface area contributed by atoms with Crippen LogP contribution >= 0.6 is 0 Å². The van der Waals surface area contributed by atoms with Gasteiger partial charge >= 0.3 is 11.7 Å². The molecule has 0 aliphatic heterocycles. The highest BCUT2D eigenvalue weighted by atomic mass is 16.4. The summed E-state index contributed by atoms with van der Waals surface area (Å²) in [5.74, 6) is -1.34. The molecule has 2 aromatic rings. The Hall–Kier alpha value is -2.57. The largest absolute Gasteiger partial charge is 0.479 e. The number of carbonyl (C=O) groups is 2. The summed E-state index contributed by atoms with van der Waals surface area (Å²) in [6.07, 6.45) is 3.47. The Kier molecular flexibility index (Phi) is 4.17. The van der Waals surface area contributed by atoms with Gasteiger partial charge in [-0.3, -0.25) is 9.36 Å². The average molecular weight is 331 g/mol. The molecule has 1 aliphatic rings. The first kappa shape index (κ1) is 16.3. The maximum atomic E-state index is 12.7. The molecule has 128 valence electrons. The summed E-state index contributed by atoms with van der Waals surface area (Å²) in [4.78, 5) is 40.7. The predicted octanol–water partition coefficient (Wildman–Crippen LogP) is 1.58. The number of nitrogens with one attached hydrogen (secondary N) is 1. The van der Waals surface area contributed by atoms with Crippen molar-refractivity contribution < 1.29 is 14.7 Å². The van der Waals surface area contributed by atoms with E-state index in [1.807, 2.05) is 0 Å². The summed E-state index contributed by atoms with van der Waals surface area (Å²) in [7, 11) is 1.53. The third-order valence-electron chi connectivity index (χ3n) is 5.07. The number of likely N-dealkylation sites (N-methyl/N-ethyl adjacent to an activating group) is 1. The number of hydrogen-bond acceptors (Lipinski definition) is 3. The van der Waals surface area contributed by atoms with Gasteiger partial charge in [0.25, 0.3) is 0 Å². The number of fused-ring (bicyclic) bond motifs is 1. The molecular formula is C17H21N3O4. The molecule has 0 atom stereocenters. The lowest BCUT2D eigenvalue weighted by Crippen LogP contribution is -2.57. The van der Waals surface area contributed by atoms with Crippen molar-refractivity contribution in [3.8, 4) is 0 Å². The van der Waals surface area contributed by atoms with Gasteiger partial charge in [0.05, 0.1) is 11.0 Å². The van der Waals surface area contributed by atoms with Gasteiger partial charge in [-0.1, -0.05) is 31.4 Å². The van der Waals surface area contributed by atoms with Gasteiger partial charge in [-0.05, 0) is 25.0 Å². The molecule has 0 unspecified atom stereocenters. The van der Waals surface area contributed by atoms with E-state index in [1.54, 1.807) is 24.3 Å². The van der Waals surface area contributed by atoms with Gasteiger partial charge in [0.15, 0.2) is 0 Å². The third-order valence-corrected chi connectivity index (χ3v) is 5.07. The normalized spacial score (nSPS) is 16.9. The van der Waals surface area contributed by atoms with E-state index in [2.05, 4.69) is 4.98 Å². The summed E-state index contributed by atoms with van der Waals surface area (Å²) in [5.41, 5.74) is -0.239. The molecule has 1 heterocycles. The average Bonchev–Trinajstić information content (AvgIpc) is 2.90. The third kappa shape index (κ3) is 2.60. The van der Waals surface area contributed by atoms with Crippen LogP contribution in [0.15, 0.2) is 29.1 Å². The highest BCUT2D eigenvalue weighted by Crippen LogP contribution is 2.33. The monoisotopic (exact) mass is 331 g/mol. The fourth-order valence-corrected chi connectivity index (χ4v) is 3.57. The molecule has 0 bridgehead atoms. The minimum Gasteiger partial charge on any atom is -0.479 e. The number of carboxylic acid groups (broad SMARTS) is 1. The number of amides is 1. The molecule has 1 amide bonds. The quantitative estimate of drug-likeness (QED) is 0.889. The standard InChI is InChI=1S/C17H21N3O4/c1-19(17(15(22)23)9-5-2-6-10-17)14(21)11-20-13-8-4-3-7-12(13)18-16(20)24/h3-4,7-8H,2,5-6,9-11H2,1H3,(H,18,24)(H,22,23). The van der Waals surface area contributed by atoms with Crippen LogP contribution in [0.2, 0.25) is 0 Å². The summed E-state index contributed by atoms with van der Waals surface area (Å²) in [5, 5.41) is 9.69. The van der Waals surface area contributed by atoms with Crippen molar-refractivity contribution in [1.29, 1.82) is 0 Å². The predicted molar refractivity (Wildman–Crippen MR) is 88.8 cm³/mol. The van der Waals surface area contributed by atoms with Crippen molar-refractivity contribution in [2.45, 2.75) is 44.2 Å². The second-order valence-corrected chi connectivity index (χ2v) is 6.38. The van der Waals surface area contributed by atoms with Gasteiger partial charge in [0.2, 0.25) is 5.91 Å². The van der Waals surface area contributed by atoms with Crippen molar-refractivity contribution >= 4 is 22.9 Å². The second kappa shape index (κ2) is 6.14. The Morgan fingerprint density at radius 2 is 1.92 bits per heavy atom. The minimum atomic E-state index is -1.16. The molecule has 1 aromatic carbocycles. The first-order chi connectivity index (χ1) is 11.5. The fraction of sp³-hybridized carbons (Fsp3) is 0.471. The number of H-pyrrole nitrogens is 1. The Morgan fingerprint density at radius 3 is 2.58 bits per heavy atom. The van der Waals surface area contributed by atoms with Crippen molar-refractivity contribution in [1.82, 2.24) is 14.5 Å². The molecule has 7 heteroatoms. The molecule has 0 saturated heterocycles. The zero-order valence-corrected chi connectivity index (χ0v) is 13.6. The number of carbonyl (C=O) groups excluding carboxylic acids is 1. The summed E-state index contributed by atoms with van der Waals surface area (Å²) < 4.78 is 1.35. The molecule has 24 heavy (non-hydrogen) atoms. The lowest BCUT2D eigenvalue weighted by Gasteiger charge is -2.41. The van der Waals surface area contributed by atoms with Crippen LogP contribution in [0.5, 0.6) is 0 Å². The smallest absolute Gasteiger partial charge is 0.329 e. The molecule has 3 rings (SSSR count). The van der Waals surface area contributed by atoms with E-state index in [9.17, 15) is 19.5 Å². The van der Waals surface area contributed by atoms with Gasteiger partial charge in [-0.25, -0.2) is 9.59 Å². The highest BCUT2D eigenvalue weighted by Gasteiger charge is 2.45. The van der Waals surface area contributed by atoms with Crippen LogP contribution in [0.4, 0.5) is 0 Å². The number of nitrogens with zero attached hydrogens (tertiary/aromatic N) is 2. The van der Waals surface area contributed by atoms with Crippen LogP contribution in [-0.4, -0.2) is 44.0 Å². The second-order valence-electron chi connectivity index (χ2n) is 6.38. The van der Waals surface area contributed by atoms with Crippen LogP contribution in [0, 0.1) is 0 Å². The Bertz CT molecular complexity index is 830. The number of aromatic amines is 1. The molecule has 1 fully saturated rings. The first-order valence-electron chi connectivity index (χ1n) is 8.13. The lowest BCUT2D eigenvalue weighted by atomic mass is 9.80. The van der Waals surface area contributed by atoms with Gasteiger partial charge in [-0.2, -0.15) is 0 Å². The number of aromatic nitrogens is 2. The maximum Gasteiger partial charge on any atom is 0.329 e. The Morgan fingerprint density at radius 1 is 1.25 bits per heavy atom. The number of carboxylic acids is 1. The molecule has 1 aromatic heterocycles. The van der Waals surface area contributed by atoms with Crippen molar-refractivity contribution in [3.63, 3.8) is 0 Å². The minimum absolute atomic E-state index is 0.172. The van der Waals surface area contributed by atoms with Crippen molar-refractivity contribution in [2.75, 3.05) is 7.05 Å². The number of benzene rings is 1. The van der Waals surface area contributed by atoms with Gasteiger partial charge < -0.3 is 15.0 Å². The molecule has 2 N–H and O–H groups in total. The van der Waals surface area contributed by atoms with Gasteiger partial charge in [0, 0.05) is 7.05 Å². The number of rotatable bonds is 4. The Labute approximate surface area is 138 Å². The molecule has 1 aliphatic carbocycles. The van der Waals surface area contributed by atoms with E-state index in [1.165, 1.54) is 16.5 Å². The molecule has 0 radical (unpaired) electrons. The highest BCUT2D eigenvalue weighted by molar-refractivity contribution is 5.87. The van der Waals surface area contributed by atoms with Crippen LogP contribution in [0.25, 0.3) is 11.0 Å². The van der Waals surface area contributed by atoms with E-state index >= 15 is 0 Å². The molecule has 7 nitrogen and oxygen atoms in total. The van der Waals surface area contributed by atoms with Gasteiger partial charge in [0.1, 0.15) is 12.1 Å². The maximum absolute atomic E-state index is 12.7. The van der Waals surface area contributed by atoms with E-state index in [0.29, 0.717) is 23.9 Å². The fourth-order valence-electron chi connectivity index (χ4n) is 3.57. The number of aliphatic carboxylic acids is 1. The zero-order chi connectivity index (χ0) is 17.3. The van der Waals surface area contributed by atoms with Crippen LogP contribution in [-0.2, 0) is 16.1 Å². The van der Waals surface area contributed by atoms with Crippen molar-refractivity contribution in [2.24, 2.45) is 0 Å². The van der Waals surface area contributed by atoms with Crippen LogP contribution in [0.1, 0.15) is 32.1 Å². The summed E-state index contributed by atoms with van der Waals surface area (Å²) >= 11 is 0. The van der Waals surface area contributed by atoms with E-state index in [-0.39, 0.29) is 18.1 Å². The van der Waals surface area contributed by atoms with Crippen LogP contribution < -0.4 is 5.69 Å². The van der Waals surface area contributed by atoms with E-state index < -0.39 is 11.5 Å². The molecule has 1 saturated carbocycles. The van der Waals surface area contributed by atoms with Crippen molar-refractivity contribution in [3.05, 3.63) is 34.7 Å².